The van der Waals surface area contributed by atoms with Crippen LogP contribution in [0.2, 0.25) is 0 Å². The van der Waals surface area contributed by atoms with Crippen molar-refractivity contribution in [2.24, 2.45) is 5.92 Å². The molecular formula is C11H14O5. The molecule has 0 radical (unpaired) electrons. The lowest BCUT2D eigenvalue weighted by Gasteiger charge is -2.30. The summed E-state index contributed by atoms with van der Waals surface area (Å²) in [5, 5.41) is 10.0. The molecule has 1 rings (SSSR count). The zero-order chi connectivity index (χ0) is 12.2. The maximum atomic E-state index is 11.5. The van der Waals surface area contributed by atoms with Crippen LogP contribution >= 0.6 is 0 Å². The molecule has 0 saturated carbocycles. The smallest absolute Gasteiger partial charge is 0.319 e. The fourth-order valence-corrected chi connectivity index (χ4v) is 1.42. The van der Waals surface area contributed by atoms with Gasteiger partial charge in [-0.15, -0.1) is 0 Å². The van der Waals surface area contributed by atoms with Gasteiger partial charge in [0.1, 0.15) is 5.92 Å². The van der Waals surface area contributed by atoms with Crippen LogP contribution in [0.5, 0.6) is 0 Å². The molecule has 0 aromatic rings. The summed E-state index contributed by atoms with van der Waals surface area (Å²) >= 11 is 0. The van der Waals surface area contributed by atoms with E-state index in [0.717, 1.165) is 6.92 Å². The Bertz CT molecular complexity index is 344. The molecule has 0 aliphatic heterocycles. The van der Waals surface area contributed by atoms with Crippen LogP contribution in [0.15, 0.2) is 24.3 Å². The molecular weight excluding hydrogens is 212 g/mol. The van der Waals surface area contributed by atoms with Gasteiger partial charge in [0.25, 0.3) is 0 Å². The molecule has 0 saturated heterocycles. The Morgan fingerprint density at radius 3 is 2.69 bits per heavy atom. The number of hydrogen-bond donors (Lipinski definition) is 1. The van der Waals surface area contributed by atoms with E-state index in [2.05, 4.69) is 0 Å². The minimum atomic E-state index is -1.95. The van der Waals surface area contributed by atoms with Crippen LogP contribution < -0.4 is 0 Å². The number of carbonyl (C=O) groups excluding carboxylic acids is 2. The van der Waals surface area contributed by atoms with Gasteiger partial charge in [-0.05, 0) is 13.0 Å². The van der Waals surface area contributed by atoms with Gasteiger partial charge in [-0.2, -0.15) is 0 Å². The van der Waals surface area contributed by atoms with Gasteiger partial charge in [-0.25, -0.2) is 0 Å². The first-order valence-electron chi connectivity index (χ1n) is 4.94. The quantitative estimate of drug-likeness (QED) is 0.561. The average molecular weight is 226 g/mol. The molecule has 0 amide bonds. The zero-order valence-electron chi connectivity index (χ0n) is 9.17. The van der Waals surface area contributed by atoms with Crippen molar-refractivity contribution in [3.05, 3.63) is 24.3 Å². The van der Waals surface area contributed by atoms with E-state index in [1.54, 1.807) is 13.0 Å². The Balaban J connectivity index is 2.88. The van der Waals surface area contributed by atoms with E-state index in [9.17, 15) is 14.7 Å². The molecule has 0 heterocycles. The molecule has 0 bridgehead atoms. The first-order chi connectivity index (χ1) is 7.49. The van der Waals surface area contributed by atoms with Crippen LogP contribution in [0.25, 0.3) is 0 Å². The molecule has 0 spiro atoms. The fraction of sp³-hybridized carbons (Fsp3) is 0.455. The number of aliphatic hydroxyl groups is 1. The summed E-state index contributed by atoms with van der Waals surface area (Å²) < 4.78 is 9.52. The molecule has 1 aliphatic carbocycles. The third kappa shape index (κ3) is 2.70. The van der Waals surface area contributed by atoms with Crippen LogP contribution in [-0.4, -0.2) is 29.4 Å². The van der Waals surface area contributed by atoms with Crippen molar-refractivity contribution in [3.8, 4) is 0 Å². The topological polar surface area (TPSA) is 72.8 Å². The van der Waals surface area contributed by atoms with E-state index in [0.29, 0.717) is 0 Å². The van der Waals surface area contributed by atoms with Gasteiger partial charge in [-0.3, -0.25) is 9.59 Å². The predicted molar refractivity (Wildman–Crippen MR) is 55.1 cm³/mol. The molecule has 0 aromatic carbocycles. The van der Waals surface area contributed by atoms with E-state index >= 15 is 0 Å². The van der Waals surface area contributed by atoms with Crippen LogP contribution in [0.1, 0.15) is 13.8 Å². The Morgan fingerprint density at radius 2 is 2.12 bits per heavy atom. The van der Waals surface area contributed by atoms with Gasteiger partial charge in [0.15, 0.2) is 0 Å². The van der Waals surface area contributed by atoms with E-state index < -0.39 is 23.6 Å². The lowest BCUT2D eigenvalue weighted by atomic mass is 9.94. The van der Waals surface area contributed by atoms with Crippen LogP contribution in [0, 0.1) is 5.92 Å². The van der Waals surface area contributed by atoms with Crippen LogP contribution in [0.4, 0.5) is 0 Å². The zero-order valence-corrected chi connectivity index (χ0v) is 9.17. The SMILES string of the molecule is CCOC(=O)C1C=CC=CC1(O)OC(C)=O. The summed E-state index contributed by atoms with van der Waals surface area (Å²) in [6.07, 6.45) is 5.76. The number of esters is 2. The predicted octanol–water partition coefficient (Wildman–Crippen LogP) is 0.543. The fourth-order valence-electron chi connectivity index (χ4n) is 1.42. The molecule has 16 heavy (non-hydrogen) atoms. The molecule has 5 nitrogen and oxygen atoms in total. The molecule has 88 valence electrons. The Kier molecular flexibility index (Phi) is 3.84. The summed E-state index contributed by atoms with van der Waals surface area (Å²) in [5.74, 6) is -4.28. The minimum Gasteiger partial charge on any atom is -0.465 e. The highest BCUT2D eigenvalue weighted by Crippen LogP contribution is 2.27. The number of ether oxygens (including phenoxy) is 2. The highest BCUT2D eigenvalue weighted by molar-refractivity contribution is 5.77. The van der Waals surface area contributed by atoms with Gasteiger partial charge >= 0.3 is 11.9 Å². The summed E-state index contributed by atoms with van der Waals surface area (Å²) in [6, 6.07) is 0. The van der Waals surface area contributed by atoms with Crippen LogP contribution in [-0.2, 0) is 19.1 Å². The molecule has 1 aliphatic rings. The summed E-state index contributed by atoms with van der Waals surface area (Å²) in [5.41, 5.74) is 0. The number of allylic oxidation sites excluding steroid dienone is 2. The van der Waals surface area contributed by atoms with Crippen molar-refractivity contribution >= 4 is 11.9 Å². The van der Waals surface area contributed by atoms with E-state index in [1.807, 2.05) is 0 Å². The summed E-state index contributed by atoms with van der Waals surface area (Å²) in [6.45, 7) is 3.01. The van der Waals surface area contributed by atoms with Gasteiger partial charge in [0, 0.05) is 6.92 Å². The summed E-state index contributed by atoms with van der Waals surface area (Å²) in [7, 11) is 0. The Hall–Kier alpha value is -1.62. The largest absolute Gasteiger partial charge is 0.465 e. The third-order valence-corrected chi connectivity index (χ3v) is 2.04. The Morgan fingerprint density at radius 1 is 1.44 bits per heavy atom. The first kappa shape index (κ1) is 12.4. The lowest BCUT2D eigenvalue weighted by molar-refractivity contribution is -0.207. The third-order valence-electron chi connectivity index (χ3n) is 2.04. The van der Waals surface area contributed by atoms with Crippen molar-refractivity contribution in [2.75, 3.05) is 6.61 Å². The van der Waals surface area contributed by atoms with Crippen molar-refractivity contribution in [2.45, 2.75) is 19.6 Å². The van der Waals surface area contributed by atoms with Gasteiger partial charge in [0.05, 0.1) is 6.61 Å². The molecule has 5 heteroatoms. The van der Waals surface area contributed by atoms with Crippen molar-refractivity contribution in [3.63, 3.8) is 0 Å². The average Bonchev–Trinajstić information content (AvgIpc) is 2.16. The number of hydrogen-bond acceptors (Lipinski definition) is 5. The number of carbonyl (C=O) groups is 2. The second-order valence-corrected chi connectivity index (χ2v) is 3.32. The molecule has 2 unspecified atom stereocenters. The molecule has 0 aromatic heterocycles. The monoisotopic (exact) mass is 226 g/mol. The lowest BCUT2D eigenvalue weighted by Crippen LogP contribution is -2.45. The van der Waals surface area contributed by atoms with Crippen molar-refractivity contribution in [1.82, 2.24) is 0 Å². The van der Waals surface area contributed by atoms with E-state index in [4.69, 9.17) is 9.47 Å². The number of rotatable bonds is 3. The minimum absolute atomic E-state index is 0.197. The van der Waals surface area contributed by atoms with E-state index in [1.165, 1.54) is 18.2 Å². The van der Waals surface area contributed by atoms with Gasteiger partial charge in [-0.1, -0.05) is 18.2 Å². The normalized spacial score (nSPS) is 27.6. The second kappa shape index (κ2) is 4.94. The Labute approximate surface area is 93.3 Å². The van der Waals surface area contributed by atoms with Crippen LogP contribution in [0.3, 0.4) is 0 Å². The molecule has 0 fully saturated rings. The summed E-state index contributed by atoms with van der Waals surface area (Å²) in [4.78, 5) is 22.4. The maximum absolute atomic E-state index is 11.5. The molecule has 1 N–H and O–H groups in total. The van der Waals surface area contributed by atoms with Crippen molar-refractivity contribution < 1.29 is 24.2 Å². The van der Waals surface area contributed by atoms with Gasteiger partial charge < -0.3 is 14.6 Å². The second-order valence-electron chi connectivity index (χ2n) is 3.32. The standard InChI is InChI=1S/C11H14O5/c1-3-15-10(13)9-6-4-5-7-11(9,14)16-8(2)12/h4-7,9,14H,3H2,1-2H3. The highest BCUT2D eigenvalue weighted by atomic mass is 16.7. The first-order valence-corrected chi connectivity index (χ1v) is 4.94. The highest BCUT2D eigenvalue weighted by Gasteiger charge is 2.43. The maximum Gasteiger partial charge on any atom is 0.319 e. The van der Waals surface area contributed by atoms with Gasteiger partial charge in [0.2, 0.25) is 5.79 Å². The molecule has 2 atom stereocenters. The van der Waals surface area contributed by atoms with E-state index in [-0.39, 0.29) is 6.61 Å². The van der Waals surface area contributed by atoms with Crippen molar-refractivity contribution in [1.29, 1.82) is 0 Å².